The van der Waals surface area contributed by atoms with Crippen LogP contribution in [-0.2, 0) is 16.1 Å². The highest BCUT2D eigenvalue weighted by Crippen LogP contribution is 2.28. The van der Waals surface area contributed by atoms with E-state index in [1.54, 1.807) is 37.1 Å². The van der Waals surface area contributed by atoms with Crippen molar-refractivity contribution in [3.05, 3.63) is 77.9 Å². The minimum atomic E-state index is -0.799. The second kappa shape index (κ2) is 13.7. The molecule has 37 heavy (non-hydrogen) atoms. The Bertz CT molecular complexity index is 1190. The van der Waals surface area contributed by atoms with Crippen LogP contribution in [0, 0.1) is 0 Å². The molecule has 0 fully saturated rings. The van der Waals surface area contributed by atoms with Gasteiger partial charge in [-0.1, -0.05) is 42.5 Å². The molecule has 0 aliphatic heterocycles. The van der Waals surface area contributed by atoms with E-state index in [1.165, 1.54) is 7.11 Å². The van der Waals surface area contributed by atoms with E-state index < -0.39 is 12.1 Å². The highest BCUT2D eigenvalue weighted by Gasteiger charge is 2.22. The third-order valence-electron chi connectivity index (χ3n) is 5.78. The Hall–Kier alpha value is -3.56. The SMILES string of the molecule is COC(=O)c1cccc(CN(C)C(=O)[C@@H](C)Oc2nc(-c3ccccc3)ccc2NCCC(N)CS)c1. The topological polar surface area (TPSA) is 107 Å². The van der Waals surface area contributed by atoms with Crippen LogP contribution in [0.4, 0.5) is 5.69 Å². The molecule has 9 heteroatoms. The molecule has 2 aromatic carbocycles. The molecule has 8 nitrogen and oxygen atoms in total. The number of hydrogen-bond donors (Lipinski definition) is 3. The predicted molar refractivity (Wildman–Crippen MR) is 149 cm³/mol. The number of esters is 1. The van der Waals surface area contributed by atoms with Gasteiger partial charge < -0.3 is 25.4 Å². The molecule has 1 unspecified atom stereocenters. The van der Waals surface area contributed by atoms with Crippen molar-refractivity contribution in [2.75, 3.05) is 31.8 Å². The number of nitrogens with zero attached hydrogens (tertiary/aromatic N) is 2. The van der Waals surface area contributed by atoms with E-state index in [1.807, 2.05) is 48.5 Å². The Morgan fingerprint density at radius 2 is 1.86 bits per heavy atom. The third-order valence-corrected chi connectivity index (χ3v) is 6.24. The summed E-state index contributed by atoms with van der Waals surface area (Å²) in [5, 5.41) is 3.32. The van der Waals surface area contributed by atoms with E-state index in [-0.39, 0.29) is 11.9 Å². The molecule has 0 aliphatic rings. The number of benzene rings is 2. The summed E-state index contributed by atoms with van der Waals surface area (Å²) in [5.74, 6) is 0.282. The van der Waals surface area contributed by atoms with Crippen LogP contribution in [0.2, 0.25) is 0 Å². The van der Waals surface area contributed by atoms with Crippen LogP contribution in [-0.4, -0.2) is 60.4 Å². The first-order valence-electron chi connectivity index (χ1n) is 12.1. The van der Waals surface area contributed by atoms with E-state index in [9.17, 15) is 9.59 Å². The molecule has 0 saturated heterocycles. The van der Waals surface area contributed by atoms with Gasteiger partial charge in [0.05, 0.1) is 24.1 Å². The molecule has 1 amide bonds. The van der Waals surface area contributed by atoms with Crippen molar-refractivity contribution in [3.63, 3.8) is 0 Å². The lowest BCUT2D eigenvalue weighted by molar-refractivity contribution is -0.137. The van der Waals surface area contributed by atoms with Crippen molar-refractivity contribution in [3.8, 4) is 17.1 Å². The Labute approximate surface area is 223 Å². The van der Waals surface area contributed by atoms with E-state index in [4.69, 9.17) is 20.2 Å². The zero-order valence-electron chi connectivity index (χ0n) is 21.4. The van der Waals surface area contributed by atoms with Gasteiger partial charge in [-0.05, 0) is 43.2 Å². The van der Waals surface area contributed by atoms with Gasteiger partial charge in [0, 0.05) is 37.5 Å². The quantitative estimate of drug-likeness (QED) is 0.244. The molecule has 2 atom stereocenters. The summed E-state index contributed by atoms with van der Waals surface area (Å²) in [5.41, 5.74) is 9.58. The van der Waals surface area contributed by atoms with Crippen LogP contribution >= 0.6 is 12.6 Å². The first kappa shape index (κ1) is 28.0. The molecule has 3 aromatic rings. The summed E-state index contributed by atoms with van der Waals surface area (Å²) in [7, 11) is 3.03. The number of nitrogens with two attached hydrogens (primary N) is 1. The van der Waals surface area contributed by atoms with E-state index in [0.29, 0.717) is 36.0 Å². The molecule has 1 heterocycles. The molecular weight excluding hydrogens is 488 g/mol. The summed E-state index contributed by atoms with van der Waals surface area (Å²) in [6.45, 7) is 2.62. The highest BCUT2D eigenvalue weighted by molar-refractivity contribution is 7.80. The van der Waals surface area contributed by atoms with Crippen molar-refractivity contribution in [2.24, 2.45) is 5.73 Å². The second-order valence-corrected chi connectivity index (χ2v) is 9.08. The van der Waals surface area contributed by atoms with Crippen LogP contribution in [0.25, 0.3) is 11.3 Å². The largest absolute Gasteiger partial charge is 0.465 e. The van der Waals surface area contributed by atoms with Gasteiger partial charge in [-0.25, -0.2) is 9.78 Å². The van der Waals surface area contributed by atoms with Crippen molar-refractivity contribution < 1.29 is 19.1 Å². The van der Waals surface area contributed by atoms with Gasteiger partial charge in [0.2, 0.25) is 5.88 Å². The molecule has 0 spiro atoms. The fraction of sp³-hybridized carbons (Fsp3) is 0.321. The van der Waals surface area contributed by atoms with Crippen LogP contribution in [0.1, 0.15) is 29.3 Å². The Kier molecular flexibility index (Phi) is 10.3. The van der Waals surface area contributed by atoms with Crippen LogP contribution < -0.4 is 15.8 Å². The second-order valence-electron chi connectivity index (χ2n) is 8.72. The zero-order chi connectivity index (χ0) is 26.8. The third kappa shape index (κ3) is 7.96. The average molecular weight is 523 g/mol. The summed E-state index contributed by atoms with van der Waals surface area (Å²) >= 11 is 4.24. The number of rotatable bonds is 12. The van der Waals surface area contributed by atoms with E-state index >= 15 is 0 Å². The first-order chi connectivity index (χ1) is 17.8. The monoisotopic (exact) mass is 522 g/mol. The number of likely N-dealkylation sites (N-methyl/N-ethyl adjacent to an activating group) is 1. The van der Waals surface area contributed by atoms with Crippen LogP contribution in [0.3, 0.4) is 0 Å². The highest BCUT2D eigenvalue weighted by atomic mass is 32.1. The lowest BCUT2D eigenvalue weighted by Gasteiger charge is -2.23. The van der Waals surface area contributed by atoms with Crippen molar-refractivity contribution in [1.82, 2.24) is 9.88 Å². The van der Waals surface area contributed by atoms with Gasteiger partial charge in [-0.15, -0.1) is 0 Å². The molecule has 1 aromatic heterocycles. The normalized spacial score (nSPS) is 12.4. The number of aromatic nitrogens is 1. The maximum absolute atomic E-state index is 13.2. The minimum absolute atomic E-state index is 0.0245. The van der Waals surface area contributed by atoms with E-state index in [0.717, 1.165) is 23.2 Å². The summed E-state index contributed by atoms with van der Waals surface area (Å²) in [6, 6.07) is 20.5. The summed E-state index contributed by atoms with van der Waals surface area (Å²) < 4.78 is 10.9. The van der Waals surface area contributed by atoms with Crippen LogP contribution in [0.15, 0.2) is 66.7 Å². The average Bonchev–Trinajstić information content (AvgIpc) is 2.93. The lowest BCUT2D eigenvalue weighted by Crippen LogP contribution is -2.37. The summed E-state index contributed by atoms with van der Waals surface area (Å²) in [4.78, 5) is 31.3. The van der Waals surface area contributed by atoms with Gasteiger partial charge in [0.25, 0.3) is 5.91 Å². The number of carbonyl (C=O) groups is 2. The van der Waals surface area contributed by atoms with E-state index in [2.05, 4.69) is 17.9 Å². The van der Waals surface area contributed by atoms with Gasteiger partial charge >= 0.3 is 5.97 Å². The molecule has 3 N–H and O–H groups in total. The number of hydrogen-bond acceptors (Lipinski definition) is 8. The molecule has 0 saturated carbocycles. The number of amides is 1. The number of carbonyl (C=O) groups excluding carboxylic acids is 2. The van der Waals surface area contributed by atoms with Crippen molar-refractivity contribution in [1.29, 1.82) is 0 Å². The maximum Gasteiger partial charge on any atom is 0.337 e. The number of methoxy groups -OCH3 is 1. The lowest BCUT2D eigenvalue weighted by atomic mass is 10.1. The molecule has 0 bridgehead atoms. The number of thiol groups is 1. The maximum atomic E-state index is 13.2. The number of pyridine rings is 1. The predicted octanol–water partition coefficient (Wildman–Crippen LogP) is 4.02. The molecular formula is C28H34N4O4S. The molecule has 0 radical (unpaired) electrons. The Balaban J connectivity index is 1.75. The van der Waals surface area contributed by atoms with Gasteiger partial charge in [0.15, 0.2) is 6.10 Å². The molecule has 196 valence electrons. The van der Waals surface area contributed by atoms with Gasteiger partial charge in [-0.2, -0.15) is 12.6 Å². The molecule has 0 aliphatic carbocycles. The number of ether oxygens (including phenoxy) is 2. The van der Waals surface area contributed by atoms with Gasteiger partial charge in [0.1, 0.15) is 0 Å². The fourth-order valence-corrected chi connectivity index (χ4v) is 3.90. The van der Waals surface area contributed by atoms with Crippen LogP contribution in [0.5, 0.6) is 5.88 Å². The summed E-state index contributed by atoms with van der Waals surface area (Å²) in [6.07, 6.45) is -0.0711. The molecule has 3 rings (SSSR count). The van der Waals surface area contributed by atoms with Crippen molar-refractivity contribution >= 4 is 30.2 Å². The van der Waals surface area contributed by atoms with Crippen molar-refractivity contribution in [2.45, 2.75) is 32.0 Å². The standard InChI is InChI=1S/C28H34N4O4S/c1-19(27(33)32(2)17-20-8-7-11-22(16-20)28(34)35-3)36-26-25(30-15-14-23(29)18-37)13-12-24(31-26)21-9-5-4-6-10-21/h4-13,16,19,23,30,37H,14-15,17-18,29H2,1-3H3/t19-,23?/m1/s1. The number of anilines is 1. The first-order valence-corrected chi connectivity index (χ1v) is 12.7. The Morgan fingerprint density at radius 1 is 1.11 bits per heavy atom. The fourth-order valence-electron chi connectivity index (χ4n) is 3.71. The minimum Gasteiger partial charge on any atom is -0.465 e. The van der Waals surface area contributed by atoms with Gasteiger partial charge in [-0.3, -0.25) is 4.79 Å². The number of nitrogens with one attached hydrogen (secondary N) is 1. The Morgan fingerprint density at radius 3 is 2.57 bits per heavy atom. The zero-order valence-corrected chi connectivity index (χ0v) is 22.3. The smallest absolute Gasteiger partial charge is 0.337 e.